The second-order valence-corrected chi connectivity index (χ2v) is 18.0. The number of unbranched alkanes of at least 4 members (excludes halogenated alkanes) is 21. The number of allylic oxidation sites excluding steroid dienone is 6. The second kappa shape index (κ2) is 37.4. The SMILES string of the molecule is CCCCC/C=C/C/C=C/CCCCCCCCCC(=O)O[C@H](COC(=O)CCCCCCC/C=C/CCCCCCCC)COP(=O)(O)OC1C(O)C(O)C(O)[C@H](O)C1O. The van der Waals surface area contributed by atoms with E-state index in [4.69, 9.17) is 18.5 Å². The number of rotatable bonds is 39. The van der Waals surface area contributed by atoms with E-state index in [1.54, 1.807) is 0 Å². The number of esters is 2. The number of aliphatic hydroxyl groups is 5. The van der Waals surface area contributed by atoms with Crippen LogP contribution in [0.4, 0.5) is 0 Å². The second-order valence-electron chi connectivity index (χ2n) is 16.6. The zero-order chi connectivity index (χ0) is 45.0. The van der Waals surface area contributed by atoms with Crippen LogP contribution in [0.25, 0.3) is 0 Å². The van der Waals surface area contributed by atoms with Crippen molar-refractivity contribution in [3.05, 3.63) is 36.5 Å². The zero-order valence-electron chi connectivity index (χ0n) is 37.7. The lowest BCUT2D eigenvalue weighted by Crippen LogP contribution is -2.64. The van der Waals surface area contributed by atoms with Crippen molar-refractivity contribution in [2.75, 3.05) is 13.2 Å². The van der Waals surface area contributed by atoms with E-state index in [-0.39, 0.29) is 12.8 Å². The number of phosphoric ester groups is 1. The molecule has 0 aromatic heterocycles. The van der Waals surface area contributed by atoms with E-state index in [0.717, 1.165) is 96.3 Å². The van der Waals surface area contributed by atoms with Gasteiger partial charge in [-0.2, -0.15) is 0 Å². The monoisotopic (exact) mass is 889 g/mol. The Morgan fingerprint density at radius 3 is 1.38 bits per heavy atom. The number of carbonyl (C=O) groups excluding carboxylic acids is 2. The minimum absolute atomic E-state index is 0.0864. The van der Waals surface area contributed by atoms with Gasteiger partial charge in [-0.15, -0.1) is 0 Å². The molecule has 8 atom stereocenters. The van der Waals surface area contributed by atoms with Gasteiger partial charge in [0.15, 0.2) is 6.10 Å². The lowest BCUT2D eigenvalue weighted by Gasteiger charge is -2.41. The van der Waals surface area contributed by atoms with E-state index in [1.807, 2.05) is 0 Å². The third-order valence-electron chi connectivity index (χ3n) is 11.0. The minimum Gasteiger partial charge on any atom is -0.462 e. The van der Waals surface area contributed by atoms with Gasteiger partial charge in [0.05, 0.1) is 6.61 Å². The summed E-state index contributed by atoms with van der Waals surface area (Å²) in [7, 11) is -5.12. The summed E-state index contributed by atoms with van der Waals surface area (Å²) in [4.78, 5) is 35.7. The highest BCUT2D eigenvalue weighted by Crippen LogP contribution is 2.47. The van der Waals surface area contributed by atoms with Crippen LogP contribution >= 0.6 is 7.82 Å². The van der Waals surface area contributed by atoms with E-state index < -0.39 is 75.7 Å². The third kappa shape index (κ3) is 30.0. The standard InChI is InChI=1S/C47H85O13P/c1-3-5-7-9-11-13-15-17-19-20-22-24-26-28-30-32-34-36-41(49)59-39(38-58-61(55,56)60-47-45(53)43(51)42(50)44(52)46(47)54)37-57-40(48)35-33-31-29-27-25-23-21-18-16-14-12-10-8-6-4-2/h11,13,17-19,21,39,42-47,50-54H,3-10,12,14-16,20,22-38H2,1-2H3,(H,55,56)/b13-11+,19-17+,21-18+/t39-,42?,43+,44?,45?,46?,47?/m1/s1. The molecule has 0 amide bonds. The van der Waals surface area contributed by atoms with Gasteiger partial charge in [-0.1, -0.05) is 147 Å². The number of hydrogen-bond acceptors (Lipinski definition) is 12. The Kier molecular flexibility index (Phi) is 35.0. The Balaban J connectivity index is 2.46. The molecule has 356 valence electrons. The summed E-state index contributed by atoms with van der Waals surface area (Å²) in [6.07, 6.45) is 29.0. The van der Waals surface area contributed by atoms with E-state index in [9.17, 15) is 44.6 Å². The van der Waals surface area contributed by atoms with Crippen molar-refractivity contribution in [1.29, 1.82) is 0 Å². The van der Waals surface area contributed by atoms with Crippen molar-refractivity contribution < 1.29 is 63.1 Å². The Labute approximate surface area is 368 Å². The maximum absolute atomic E-state index is 12.8. The van der Waals surface area contributed by atoms with Gasteiger partial charge < -0.3 is 39.9 Å². The first-order chi connectivity index (χ1) is 29.4. The normalized spacial score (nSPS) is 22.3. The molecule has 1 aliphatic rings. The van der Waals surface area contributed by atoms with Gasteiger partial charge in [-0.3, -0.25) is 18.6 Å². The van der Waals surface area contributed by atoms with Gasteiger partial charge >= 0.3 is 19.8 Å². The predicted molar refractivity (Wildman–Crippen MR) is 240 cm³/mol. The topological polar surface area (TPSA) is 210 Å². The minimum atomic E-state index is -5.12. The molecule has 0 heterocycles. The first kappa shape index (κ1) is 57.1. The molecule has 0 spiro atoms. The highest BCUT2D eigenvalue weighted by molar-refractivity contribution is 7.47. The Hall–Kier alpha value is -1.93. The maximum Gasteiger partial charge on any atom is 0.472 e. The third-order valence-corrected chi connectivity index (χ3v) is 11.9. The molecule has 14 heteroatoms. The molecule has 0 bridgehead atoms. The number of phosphoric acid groups is 1. The summed E-state index contributed by atoms with van der Waals surface area (Å²) in [5, 5.41) is 50.2. The van der Waals surface area contributed by atoms with Crippen LogP contribution in [-0.2, 0) is 32.7 Å². The van der Waals surface area contributed by atoms with Gasteiger partial charge in [-0.05, 0) is 70.6 Å². The van der Waals surface area contributed by atoms with Crippen molar-refractivity contribution >= 4 is 19.8 Å². The van der Waals surface area contributed by atoms with E-state index in [0.29, 0.717) is 12.8 Å². The molecule has 0 aromatic rings. The highest BCUT2D eigenvalue weighted by Gasteiger charge is 2.51. The van der Waals surface area contributed by atoms with Crippen LogP contribution in [0.15, 0.2) is 36.5 Å². The van der Waals surface area contributed by atoms with Crippen LogP contribution in [0.3, 0.4) is 0 Å². The Morgan fingerprint density at radius 1 is 0.508 bits per heavy atom. The molecule has 1 rings (SSSR count). The fourth-order valence-electron chi connectivity index (χ4n) is 7.08. The van der Waals surface area contributed by atoms with Gasteiger partial charge in [0, 0.05) is 12.8 Å². The molecule has 0 aromatic carbocycles. The van der Waals surface area contributed by atoms with Crippen LogP contribution in [0, 0.1) is 0 Å². The van der Waals surface area contributed by atoms with Crippen LogP contribution < -0.4 is 0 Å². The number of carbonyl (C=O) groups is 2. The Bertz CT molecular complexity index is 1210. The van der Waals surface area contributed by atoms with Crippen molar-refractivity contribution in [2.24, 2.45) is 0 Å². The number of aliphatic hydroxyl groups excluding tert-OH is 5. The molecule has 13 nitrogen and oxygen atoms in total. The molecular formula is C47H85O13P. The van der Waals surface area contributed by atoms with Crippen molar-refractivity contribution in [3.63, 3.8) is 0 Å². The number of ether oxygens (including phenoxy) is 2. The quantitative estimate of drug-likeness (QED) is 0.0147. The molecule has 1 aliphatic carbocycles. The molecule has 0 aliphatic heterocycles. The average Bonchev–Trinajstić information content (AvgIpc) is 3.24. The lowest BCUT2D eigenvalue weighted by atomic mass is 9.85. The average molecular weight is 889 g/mol. The van der Waals surface area contributed by atoms with E-state index >= 15 is 0 Å². The highest BCUT2D eigenvalue weighted by atomic mass is 31.2. The summed E-state index contributed by atoms with van der Waals surface area (Å²) < 4.78 is 33.5. The molecular weight excluding hydrogens is 803 g/mol. The van der Waals surface area contributed by atoms with E-state index in [2.05, 4.69) is 50.3 Å². The van der Waals surface area contributed by atoms with Crippen LogP contribution in [0.5, 0.6) is 0 Å². The molecule has 61 heavy (non-hydrogen) atoms. The van der Waals surface area contributed by atoms with Gasteiger partial charge in [0.1, 0.15) is 43.2 Å². The molecule has 1 fully saturated rings. The fraction of sp³-hybridized carbons (Fsp3) is 0.830. The molecule has 6 unspecified atom stereocenters. The first-order valence-electron chi connectivity index (χ1n) is 23.8. The maximum atomic E-state index is 12.8. The van der Waals surface area contributed by atoms with Crippen LogP contribution in [-0.4, -0.2) is 98.3 Å². The predicted octanol–water partition coefficient (Wildman–Crippen LogP) is 9.39. The van der Waals surface area contributed by atoms with Crippen molar-refractivity contribution in [1.82, 2.24) is 0 Å². The largest absolute Gasteiger partial charge is 0.472 e. The molecule has 1 saturated carbocycles. The van der Waals surface area contributed by atoms with Gasteiger partial charge in [0.25, 0.3) is 0 Å². The fourth-order valence-corrected chi connectivity index (χ4v) is 8.05. The Morgan fingerprint density at radius 2 is 0.885 bits per heavy atom. The zero-order valence-corrected chi connectivity index (χ0v) is 38.6. The summed E-state index contributed by atoms with van der Waals surface area (Å²) in [6.45, 7) is 3.26. The van der Waals surface area contributed by atoms with Gasteiger partial charge in [0.2, 0.25) is 0 Å². The van der Waals surface area contributed by atoms with Crippen LogP contribution in [0.2, 0.25) is 0 Å². The molecule has 0 radical (unpaired) electrons. The number of hydrogen-bond donors (Lipinski definition) is 6. The summed E-state index contributed by atoms with van der Waals surface area (Å²) in [6, 6.07) is 0. The first-order valence-corrected chi connectivity index (χ1v) is 25.3. The molecule has 0 saturated heterocycles. The summed E-state index contributed by atoms with van der Waals surface area (Å²) >= 11 is 0. The van der Waals surface area contributed by atoms with Crippen molar-refractivity contribution in [2.45, 2.75) is 236 Å². The molecule has 6 N–H and O–H groups in total. The summed E-state index contributed by atoms with van der Waals surface area (Å²) in [5.41, 5.74) is 0. The lowest BCUT2D eigenvalue weighted by molar-refractivity contribution is -0.220. The van der Waals surface area contributed by atoms with E-state index in [1.165, 1.54) is 57.8 Å². The smallest absolute Gasteiger partial charge is 0.462 e. The van der Waals surface area contributed by atoms with Crippen molar-refractivity contribution in [3.8, 4) is 0 Å². The van der Waals surface area contributed by atoms with Crippen LogP contribution in [0.1, 0.15) is 194 Å². The summed E-state index contributed by atoms with van der Waals surface area (Å²) in [5.74, 6) is -1.12. The van der Waals surface area contributed by atoms with Gasteiger partial charge in [-0.25, -0.2) is 4.57 Å².